The molecule has 1 atom stereocenters. The van der Waals surface area contributed by atoms with E-state index in [0.717, 1.165) is 13.0 Å². The molecule has 1 spiro atoms. The van der Waals surface area contributed by atoms with E-state index < -0.39 is 0 Å². The number of carbonyl (C=O) groups is 2. The molecule has 2 rings (SSSR count). The topological polar surface area (TPSA) is 37.4 Å². The molecular weight excluding hydrogens is 190 g/mol. The first-order valence-corrected chi connectivity index (χ1v) is 5.82. The first-order chi connectivity index (χ1) is 7.04. The van der Waals surface area contributed by atoms with Gasteiger partial charge < -0.3 is 4.90 Å². The maximum Gasteiger partial charge on any atom is 0.220 e. The van der Waals surface area contributed by atoms with Crippen LogP contribution in [0.4, 0.5) is 0 Å². The van der Waals surface area contributed by atoms with Crippen LogP contribution in [0.15, 0.2) is 0 Å². The van der Waals surface area contributed by atoms with Gasteiger partial charge >= 0.3 is 0 Å². The molecule has 1 saturated heterocycles. The van der Waals surface area contributed by atoms with Gasteiger partial charge in [0.2, 0.25) is 5.91 Å². The molecular formula is C12H21NO2. The fourth-order valence-electron chi connectivity index (χ4n) is 2.29. The fourth-order valence-corrected chi connectivity index (χ4v) is 2.29. The summed E-state index contributed by atoms with van der Waals surface area (Å²) in [4.78, 5) is 24.3. The molecule has 2 aliphatic rings. The Morgan fingerprint density at radius 3 is 2.00 bits per heavy atom. The van der Waals surface area contributed by atoms with Crippen molar-refractivity contribution in [3.8, 4) is 0 Å². The van der Waals surface area contributed by atoms with Gasteiger partial charge in [-0.1, -0.05) is 13.8 Å². The smallest absolute Gasteiger partial charge is 0.220 e. The number of likely N-dealkylation sites (tertiary alicyclic amines) is 1. The van der Waals surface area contributed by atoms with Gasteiger partial charge in [-0.15, -0.1) is 0 Å². The Morgan fingerprint density at radius 1 is 1.20 bits per heavy atom. The third-order valence-electron chi connectivity index (χ3n) is 3.34. The van der Waals surface area contributed by atoms with E-state index >= 15 is 0 Å². The summed E-state index contributed by atoms with van der Waals surface area (Å²) in [5, 5.41) is 0. The van der Waals surface area contributed by atoms with Crippen LogP contribution in [0, 0.1) is 5.41 Å². The summed E-state index contributed by atoms with van der Waals surface area (Å²) in [5.74, 6) is 0.183. The molecule has 2 fully saturated rings. The molecule has 0 N–H and O–H groups in total. The van der Waals surface area contributed by atoms with Gasteiger partial charge in [0.05, 0.1) is 6.04 Å². The maximum atomic E-state index is 11.3. The monoisotopic (exact) mass is 211 g/mol. The highest BCUT2D eigenvalue weighted by atomic mass is 16.2. The van der Waals surface area contributed by atoms with Crippen LogP contribution in [-0.4, -0.2) is 29.2 Å². The van der Waals surface area contributed by atoms with Crippen LogP contribution in [0.5, 0.6) is 0 Å². The lowest BCUT2D eigenvalue weighted by Gasteiger charge is -2.20. The molecule has 0 aromatic carbocycles. The third kappa shape index (κ3) is 2.39. The zero-order valence-electron chi connectivity index (χ0n) is 10.2. The Hall–Kier alpha value is -0.860. The highest BCUT2D eigenvalue weighted by Crippen LogP contribution is 2.54. The Kier molecular flexibility index (Phi) is 3.53. The van der Waals surface area contributed by atoms with E-state index in [0.29, 0.717) is 5.41 Å². The molecule has 1 saturated carbocycles. The van der Waals surface area contributed by atoms with Crippen molar-refractivity contribution in [2.75, 3.05) is 6.54 Å². The normalized spacial score (nSPS) is 25.9. The van der Waals surface area contributed by atoms with Gasteiger partial charge in [-0.05, 0) is 31.6 Å². The molecule has 15 heavy (non-hydrogen) atoms. The quantitative estimate of drug-likeness (QED) is 0.665. The van der Waals surface area contributed by atoms with Gasteiger partial charge in [0, 0.05) is 13.5 Å². The Bertz CT molecular complexity index is 245. The largest absolute Gasteiger partial charge is 0.332 e. The molecule has 3 heteroatoms. The second-order valence-corrected chi connectivity index (χ2v) is 4.48. The maximum absolute atomic E-state index is 11.3. The molecule has 1 unspecified atom stereocenters. The molecule has 0 bridgehead atoms. The SMILES string of the molecule is CC.CC(=O)C1CC2(CC2)CN1C(C)=O. The number of Topliss-reactive ketones (excluding diaryl/α,β-unsaturated/α-hetero) is 1. The standard InChI is InChI=1S/C10H15NO2.C2H6/c1-7(12)9-5-10(3-4-10)6-11(9)8(2)13;1-2/h9H,3-6H2,1-2H3;1-2H3. The van der Waals surface area contributed by atoms with E-state index in [1.807, 2.05) is 13.8 Å². The van der Waals surface area contributed by atoms with Gasteiger partial charge in [0.25, 0.3) is 0 Å². The molecule has 3 nitrogen and oxygen atoms in total. The van der Waals surface area contributed by atoms with E-state index in [-0.39, 0.29) is 17.7 Å². The first-order valence-electron chi connectivity index (χ1n) is 5.82. The predicted octanol–water partition coefficient (Wildman–Crippen LogP) is 2.00. The van der Waals surface area contributed by atoms with Gasteiger partial charge in [0.1, 0.15) is 0 Å². The number of hydrogen-bond donors (Lipinski definition) is 0. The van der Waals surface area contributed by atoms with Crippen molar-refractivity contribution in [2.24, 2.45) is 5.41 Å². The molecule has 1 heterocycles. The molecule has 1 amide bonds. The van der Waals surface area contributed by atoms with Crippen LogP contribution in [-0.2, 0) is 9.59 Å². The zero-order valence-corrected chi connectivity index (χ0v) is 10.2. The van der Waals surface area contributed by atoms with Crippen molar-refractivity contribution < 1.29 is 9.59 Å². The number of rotatable bonds is 1. The molecule has 0 radical (unpaired) electrons. The number of nitrogens with zero attached hydrogens (tertiary/aromatic N) is 1. The highest BCUT2D eigenvalue weighted by Gasteiger charge is 2.53. The Balaban J connectivity index is 0.000000531. The average Bonchev–Trinajstić information content (AvgIpc) is 2.79. The van der Waals surface area contributed by atoms with Crippen LogP contribution in [0.3, 0.4) is 0 Å². The Morgan fingerprint density at radius 2 is 1.73 bits per heavy atom. The molecule has 1 aliphatic carbocycles. The van der Waals surface area contributed by atoms with Crippen molar-refractivity contribution in [1.29, 1.82) is 0 Å². The van der Waals surface area contributed by atoms with Crippen LogP contribution in [0.25, 0.3) is 0 Å². The highest BCUT2D eigenvalue weighted by molar-refractivity contribution is 5.87. The van der Waals surface area contributed by atoms with Crippen molar-refractivity contribution in [3.63, 3.8) is 0 Å². The van der Waals surface area contributed by atoms with Crippen molar-refractivity contribution in [2.45, 2.75) is 53.0 Å². The lowest BCUT2D eigenvalue weighted by atomic mass is 10.0. The summed E-state index contributed by atoms with van der Waals surface area (Å²) in [6, 6.07) is -0.125. The van der Waals surface area contributed by atoms with Crippen LogP contribution < -0.4 is 0 Å². The van der Waals surface area contributed by atoms with E-state index in [4.69, 9.17) is 0 Å². The number of hydrogen-bond acceptors (Lipinski definition) is 2. The second kappa shape index (κ2) is 4.33. The number of carbonyl (C=O) groups excluding carboxylic acids is 2. The molecule has 0 aromatic rings. The summed E-state index contributed by atoms with van der Waals surface area (Å²) in [6.07, 6.45) is 3.29. The predicted molar refractivity (Wildman–Crippen MR) is 59.5 cm³/mol. The summed E-state index contributed by atoms with van der Waals surface area (Å²) < 4.78 is 0. The first kappa shape index (κ1) is 12.2. The van der Waals surface area contributed by atoms with Crippen LogP contribution in [0.2, 0.25) is 0 Å². The van der Waals surface area contributed by atoms with Gasteiger partial charge in [-0.25, -0.2) is 0 Å². The number of amides is 1. The third-order valence-corrected chi connectivity index (χ3v) is 3.34. The minimum atomic E-state index is -0.125. The summed E-state index contributed by atoms with van der Waals surface area (Å²) in [7, 11) is 0. The Labute approximate surface area is 91.8 Å². The minimum absolute atomic E-state index is 0.0453. The molecule has 86 valence electrons. The van der Waals surface area contributed by atoms with Gasteiger partial charge in [0.15, 0.2) is 5.78 Å². The van der Waals surface area contributed by atoms with E-state index in [2.05, 4.69) is 0 Å². The van der Waals surface area contributed by atoms with Gasteiger partial charge in [-0.2, -0.15) is 0 Å². The molecule has 1 aliphatic heterocycles. The summed E-state index contributed by atoms with van der Waals surface area (Å²) in [5.41, 5.74) is 0.335. The second-order valence-electron chi connectivity index (χ2n) is 4.48. The van der Waals surface area contributed by atoms with Gasteiger partial charge in [-0.3, -0.25) is 9.59 Å². The summed E-state index contributed by atoms with van der Waals surface area (Å²) in [6.45, 7) is 7.95. The zero-order chi connectivity index (χ0) is 11.6. The van der Waals surface area contributed by atoms with Crippen LogP contribution in [0.1, 0.15) is 47.0 Å². The van der Waals surface area contributed by atoms with Crippen molar-refractivity contribution in [1.82, 2.24) is 4.90 Å². The number of ketones is 1. The van der Waals surface area contributed by atoms with E-state index in [1.54, 1.807) is 18.7 Å². The van der Waals surface area contributed by atoms with E-state index in [9.17, 15) is 9.59 Å². The summed E-state index contributed by atoms with van der Waals surface area (Å²) >= 11 is 0. The van der Waals surface area contributed by atoms with Crippen molar-refractivity contribution >= 4 is 11.7 Å². The minimum Gasteiger partial charge on any atom is -0.332 e. The van der Waals surface area contributed by atoms with Crippen LogP contribution >= 0.6 is 0 Å². The fraction of sp³-hybridized carbons (Fsp3) is 0.833. The van der Waals surface area contributed by atoms with E-state index in [1.165, 1.54) is 12.8 Å². The lowest BCUT2D eigenvalue weighted by Crippen LogP contribution is -2.38. The lowest BCUT2D eigenvalue weighted by molar-refractivity contribution is -0.135. The molecule has 0 aromatic heterocycles. The van der Waals surface area contributed by atoms with Crippen molar-refractivity contribution in [3.05, 3.63) is 0 Å². The average molecular weight is 211 g/mol.